The molecule has 150 valence electrons. The number of nitrogens with zero attached hydrogens (tertiary/aromatic N) is 2. The van der Waals surface area contributed by atoms with Crippen LogP contribution in [0.4, 0.5) is 4.39 Å². The number of benzene rings is 3. The van der Waals surface area contributed by atoms with Crippen molar-refractivity contribution >= 4 is 17.5 Å². The molecule has 0 spiro atoms. The van der Waals surface area contributed by atoms with Gasteiger partial charge in [0, 0.05) is 10.6 Å². The molecule has 0 aliphatic carbocycles. The molecule has 30 heavy (non-hydrogen) atoms. The maximum atomic E-state index is 13.3. The quantitative estimate of drug-likeness (QED) is 0.443. The highest BCUT2D eigenvalue weighted by Crippen LogP contribution is 2.24. The number of carbonyl (C=O) groups is 1. The Morgan fingerprint density at radius 3 is 2.33 bits per heavy atom. The largest absolute Gasteiger partial charge is 0.344 e. The second-order valence-electron chi connectivity index (χ2n) is 6.92. The molecule has 0 aliphatic heterocycles. The zero-order valence-corrected chi connectivity index (χ0v) is 17.0. The molecule has 4 aromatic rings. The third kappa shape index (κ3) is 4.26. The van der Waals surface area contributed by atoms with Crippen molar-refractivity contribution in [1.29, 1.82) is 0 Å². The zero-order valence-electron chi connectivity index (χ0n) is 16.2. The van der Waals surface area contributed by atoms with Gasteiger partial charge in [-0.2, -0.15) is 5.10 Å². The number of hydrogen-bond donors (Lipinski definition) is 1. The van der Waals surface area contributed by atoms with Gasteiger partial charge in [0.25, 0.3) is 5.91 Å². The van der Waals surface area contributed by atoms with E-state index in [9.17, 15) is 9.18 Å². The predicted molar refractivity (Wildman–Crippen MR) is 116 cm³/mol. The molecule has 6 heteroatoms. The van der Waals surface area contributed by atoms with Gasteiger partial charge in [-0.15, -0.1) is 0 Å². The van der Waals surface area contributed by atoms with E-state index in [2.05, 4.69) is 10.4 Å². The number of nitrogens with one attached hydrogen (secondary N) is 1. The highest BCUT2D eigenvalue weighted by atomic mass is 35.5. The summed E-state index contributed by atoms with van der Waals surface area (Å²) in [5, 5.41) is 8.21. The highest BCUT2D eigenvalue weighted by Gasteiger charge is 2.20. The minimum atomic E-state index is -0.328. The van der Waals surface area contributed by atoms with Gasteiger partial charge >= 0.3 is 0 Å². The van der Waals surface area contributed by atoms with Crippen molar-refractivity contribution in [2.75, 3.05) is 0 Å². The number of carbonyl (C=O) groups excluding carboxylic acids is 1. The van der Waals surface area contributed by atoms with Crippen LogP contribution in [0.5, 0.6) is 0 Å². The van der Waals surface area contributed by atoms with E-state index >= 15 is 0 Å². The highest BCUT2D eigenvalue weighted by molar-refractivity contribution is 6.30. The van der Waals surface area contributed by atoms with Gasteiger partial charge in [-0.1, -0.05) is 41.9 Å². The maximum absolute atomic E-state index is 13.3. The van der Waals surface area contributed by atoms with E-state index in [0.717, 1.165) is 5.56 Å². The Balaban J connectivity index is 1.71. The lowest BCUT2D eigenvalue weighted by Gasteiger charge is -2.15. The van der Waals surface area contributed by atoms with Crippen molar-refractivity contribution in [1.82, 2.24) is 15.1 Å². The third-order valence-corrected chi connectivity index (χ3v) is 5.05. The summed E-state index contributed by atoms with van der Waals surface area (Å²) < 4.78 is 14.9. The first kappa shape index (κ1) is 19.9. The minimum Gasteiger partial charge on any atom is -0.344 e. The number of aromatic nitrogens is 2. The van der Waals surface area contributed by atoms with Crippen molar-refractivity contribution in [2.24, 2.45) is 0 Å². The molecule has 4 nitrogen and oxygen atoms in total. The number of rotatable bonds is 5. The van der Waals surface area contributed by atoms with E-state index in [1.165, 1.54) is 12.1 Å². The van der Waals surface area contributed by atoms with Crippen LogP contribution in [0.25, 0.3) is 16.9 Å². The van der Waals surface area contributed by atoms with E-state index < -0.39 is 0 Å². The summed E-state index contributed by atoms with van der Waals surface area (Å²) in [6.07, 6.45) is 0. The lowest BCUT2D eigenvalue weighted by atomic mass is 10.1. The second-order valence-corrected chi connectivity index (χ2v) is 7.35. The van der Waals surface area contributed by atoms with Gasteiger partial charge in [0.1, 0.15) is 11.5 Å². The van der Waals surface area contributed by atoms with Crippen LogP contribution in [0, 0.1) is 5.82 Å². The molecule has 3 aromatic carbocycles. The van der Waals surface area contributed by atoms with E-state index in [1.54, 1.807) is 47.1 Å². The fourth-order valence-corrected chi connectivity index (χ4v) is 3.31. The fraction of sp³-hybridized carbons (Fsp3) is 0.0833. The van der Waals surface area contributed by atoms with E-state index in [0.29, 0.717) is 27.7 Å². The van der Waals surface area contributed by atoms with Crippen LogP contribution in [-0.4, -0.2) is 15.7 Å². The molecule has 1 unspecified atom stereocenters. The predicted octanol–water partition coefficient (Wildman–Crippen LogP) is 5.82. The summed E-state index contributed by atoms with van der Waals surface area (Å²) in [6, 6.07) is 24.3. The van der Waals surface area contributed by atoms with Gasteiger partial charge in [0.2, 0.25) is 0 Å². The molecule has 0 aliphatic rings. The summed E-state index contributed by atoms with van der Waals surface area (Å²) in [4.78, 5) is 13.1. The molecule has 1 N–H and O–H groups in total. The summed E-state index contributed by atoms with van der Waals surface area (Å²) in [6.45, 7) is 1.93. The van der Waals surface area contributed by atoms with Crippen LogP contribution >= 0.6 is 11.6 Å². The van der Waals surface area contributed by atoms with Crippen molar-refractivity contribution in [3.05, 3.63) is 107 Å². The number of amides is 1. The fourth-order valence-electron chi connectivity index (χ4n) is 3.18. The van der Waals surface area contributed by atoms with Gasteiger partial charge in [-0.3, -0.25) is 4.79 Å². The lowest BCUT2D eigenvalue weighted by molar-refractivity contribution is 0.0932. The van der Waals surface area contributed by atoms with Crippen LogP contribution in [0.1, 0.15) is 29.0 Å². The Morgan fingerprint density at radius 1 is 1.00 bits per heavy atom. The van der Waals surface area contributed by atoms with Gasteiger partial charge in [-0.05, 0) is 67.1 Å². The average molecular weight is 420 g/mol. The Labute approximate surface area is 178 Å². The number of hydrogen-bond acceptors (Lipinski definition) is 2. The molecule has 0 fully saturated rings. The van der Waals surface area contributed by atoms with Crippen LogP contribution in [0.3, 0.4) is 0 Å². The van der Waals surface area contributed by atoms with E-state index in [-0.39, 0.29) is 17.8 Å². The van der Waals surface area contributed by atoms with Gasteiger partial charge < -0.3 is 5.32 Å². The summed E-state index contributed by atoms with van der Waals surface area (Å²) >= 11 is 6.01. The lowest BCUT2D eigenvalue weighted by Crippen LogP contribution is -2.28. The van der Waals surface area contributed by atoms with Gasteiger partial charge in [0.15, 0.2) is 0 Å². The van der Waals surface area contributed by atoms with Crippen molar-refractivity contribution in [2.45, 2.75) is 13.0 Å². The van der Waals surface area contributed by atoms with Crippen LogP contribution in [0.15, 0.2) is 84.9 Å². The maximum Gasteiger partial charge on any atom is 0.270 e. The topological polar surface area (TPSA) is 46.9 Å². The molecule has 0 radical (unpaired) electrons. The smallest absolute Gasteiger partial charge is 0.270 e. The first-order valence-corrected chi connectivity index (χ1v) is 9.87. The zero-order chi connectivity index (χ0) is 21.1. The average Bonchev–Trinajstić information content (AvgIpc) is 3.21. The van der Waals surface area contributed by atoms with Crippen LogP contribution < -0.4 is 5.32 Å². The Hall–Kier alpha value is -3.44. The van der Waals surface area contributed by atoms with Crippen molar-refractivity contribution in [3.8, 4) is 16.9 Å². The SMILES string of the molecule is CC(NC(=O)c1cc(-c2ccc(F)cc2)nn1-c1ccc(Cl)cc1)c1ccccc1. The molecular weight excluding hydrogens is 401 g/mol. The summed E-state index contributed by atoms with van der Waals surface area (Å²) in [5.74, 6) is -0.590. The standard InChI is InChI=1S/C24H19ClFN3O/c1-16(17-5-3-2-4-6-17)27-24(30)23-15-22(18-7-11-20(26)12-8-18)28-29(23)21-13-9-19(25)10-14-21/h2-16H,1H3,(H,27,30). The molecule has 0 bridgehead atoms. The summed E-state index contributed by atoms with van der Waals surface area (Å²) in [7, 11) is 0. The first-order valence-electron chi connectivity index (χ1n) is 9.49. The molecule has 0 saturated heterocycles. The second kappa shape index (κ2) is 8.51. The molecule has 1 heterocycles. The molecule has 1 atom stereocenters. The first-order chi connectivity index (χ1) is 14.5. The monoisotopic (exact) mass is 419 g/mol. The normalized spacial score (nSPS) is 11.8. The molecule has 0 saturated carbocycles. The van der Waals surface area contributed by atoms with Crippen molar-refractivity contribution < 1.29 is 9.18 Å². The summed E-state index contributed by atoms with van der Waals surface area (Å²) in [5.41, 5.74) is 3.36. The van der Waals surface area contributed by atoms with Gasteiger partial charge in [0.05, 0.1) is 17.4 Å². The van der Waals surface area contributed by atoms with Crippen LogP contribution in [-0.2, 0) is 0 Å². The minimum absolute atomic E-state index is 0.179. The molecule has 1 amide bonds. The Bertz CT molecular complexity index is 1160. The molecule has 1 aromatic heterocycles. The number of halogens is 2. The van der Waals surface area contributed by atoms with E-state index in [4.69, 9.17) is 11.6 Å². The Morgan fingerprint density at radius 2 is 1.67 bits per heavy atom. The van der Waals surface area contributed by atoms with E-state index in [1.807, 2.05) is 37.3 Å². The Kier molecular flexibility index (Phi) is 5.63. The third-order valence-electron chi connectivity index (χ3n) is 4.80. The van der Waals surface area contributed by atoms with Crippen molar-refractivity contribution in [3.63, 3.8) is 0 Å². The van der Waals surface area contributed by atoms with Crippen LogP contribution in [0.2, 0.25) is 5.02 Å². The molecular formula is C24H19ClFN3O. The molecule has 4 rings (SSSR count). The van der Waals surface area contributed by atoms with Gasteiger partial charge in [-0.25, -0.2) is 9.07 Å².